The monoisotopic (exact) mass is 318 g/mol. The summed E-state index contributed by atoms with van der Waals surface area (Å²) in [4.78, 5) is 24.9. The number of halogens is 1. The van der Waals surface area contributed by atoms with Crippen molar-refractivity contribution in [1.82, 2.24) is 10.2 Å². The number of carbonyl (C=O) groups excluding carboxylic acids is 1. The zero-order chi connectivity index (χ0) is 14.7. The number of hydrogen-bond acceptors (Lipinski definition) is 3. The molecule has 1 aliphatic heterocycles. The molecule has 21 heavy (non-hydrogen) atoms. The van der Waals surface area contributed by atoms with E-state index < -0.39 is 5.97 Å². The van der Waals surface area contributed by atoms with Crippen LogP contribution in [0.25, 0.3) is 0 Å². The van der Waals surface area contributed by atoms with Crippen molar-refractivity contribution in [1.29, 1.82) is 0 Å². The van der Waals surface area contributed by atoms with E-state index in [2.05, 4.69) is 19.2 Å². The number of carboxylic acid groups (broad SMARTS) is 1. The Balaban J connectivity index is 0.00000220. The number of amides is 1. The summed E-state index contributed by atoms with van der Waals surface area (Å²) in [7, 11) is 0. The highest BCUT2D eigenvalue weighted by Crippen LogP contribution is 2.29. The van der Waals surface area contributed by atoms with Crippen molar-refractivity contribution < 1.29 is 14.7 Å². The molecule has 2 rings (SSSR count). The lowest BCUT2D eigenvalue weighted by Crippen LogP contribution is -2.47. The van der Waals surface area contributed by atoms with E-state index in [1.165, 1.54) is 12.8 Å². The SMILES string of the molecule is CC1CCCC(NC(=O)CN2CCC(C(=O)O)C2)C1C.Cl. The fourth-order valence-electron chi connectivity index (χ4n) is 3.42. The van der Waals surface area contributed by atoms with Gasteiger partial charge in [-0.25, -0.2) is 0 Å². The van der Waals surface area contributed by atoms with Crippen LogP contribution in [0.3, 0.4) is 0 Å². The Morgan fingerprint density at radius 3 is 2.57 bits per heavy atom. The lowest BCUT2D eigenvalue weighted by molar-refractivity contribution is -0.141. The number of nitrogens with one attached hydrogen (secondary N) is 1. The van der Waals surface area contributed by atoms with E-state index in [4.69, 9.17) is 5.11 Å². The molecule has 0 bridgehead atoms. The van der Waals surface area contributed by atoms with Crippen molar-refractivity contribution in [3.05, 3.63) is 0 Å². The first kappa shape index (κ1) is 18.2. The summed E-state index contributed by atoms with van der Waals surface area (Å²) >= 11 is 0. The van der Waals surface area contributed by atoms with Crippen molar-refractivity contribution in [2.45, 2.75) is 45.6 Å². The molecular weight excluding hydrogens is 292 g/mol. The Kier molecular flexibility index (Phi) is 6.94. The molecule has 2 fully saturated rings. The first-order valence-corrected chi connectivity index (χ1v) is 7.72. The highest BCUT2D eigenvalue weighted by atomic mass is 35.5. The Bertz CT molecular complexity index is 378. The summed E-state index contributed by atoms with van der Waals surface area (Å²) in [5.74, 6) is 0.177. The van der Waals surface area contributed by atoms with Crippen LogP contribution in [0.5, 0.6) is 0 Å². The predicted octanol–water partition coefficient (Wildman–Crippen LogP) is 1.76. The normalized spacial score (nSPS) is 33.2. The quantitative estimate of drug-likeness (QED) is 0.828. The number of aliphatic carboxylic acids is 1. The molecule has 6 heteroatoms. The second-order valence-corrected chi connectivity index (χ2v) is 6.50. The van der Waals surface area contributed by atoms with Gasteiger partial charge in [0.05, 0.1) is 12.5 Å². The second-order valence-electron chi connectivity index (χ2n) is 6.50. The van der Waals surface area contributed by atoms with Gasteiger partial charge in [-0.15, -0.1) is 12.4 Å². The molecule has 2 aliphatic rings. The van der Waals surface area contributed by atoms with Crippen LogP contribution in [0.4, 0.5) is 0 Å². The number of nitrogens with zero attached hydrogens (tertiary/aromatic N) is 1. The third-order valence-electron chi connectivity index (χ3n) is 5.04. The molecule has 0 radical (unpaired) electrons. The first-order valence-electron chi connectivity index (χ1n) is 7.72. The molecule has 0 aromatic heterocycles. The molecular formula is C15H27ClN2O3. The molecule has 0 spiro atoms. The summed E-state index contributed by atoms with van der Waals surface area (Å²) in [5, 5.41) is 12.1. The summed E-state index contributed by atoms with van der Waals surface area (Å²) in [5.41, 5.74) is 0. The van der Waals surface area contributed by atoms with Gasteiger partial charge in [0.15, 0.2) is 0 Å². The van der Waals surface area contributed by atoms with Crippen molar-refractivity contribution in [3.8, 4) is 0 Å². The Labute approximate surface area is 132 Å². The fourth-order valence-corrected chi connectivity index (χ4v) is 3.42. The third kappa shape index (κ3) is 4.85. The molecule has 1 heterocycles. The van der Waals surface area contributed by atoms with Gasteiger partial charge in [0, 0.05) is 12.6 Å². The number of hydrogen-bond donors (Lipinski definition) is 2. The van der Waals surface area contributed by atoms with E-state index in [0.717, 1.165) is 6.42 Å². The van der Waals surface area contributed by atoms with Gasteiger partial charge in [-0.1, -0.05) is 26.7 Å². The lowest BCUT2D eigenvalue weighted by Gasteiger charge is -2.35. The van der Waals surface area contributed by atoms with Crippen LogP contribution < -0.4 is 5.32 Å². The largest absolute Gasteiger partial charge is 0.481 e. The van der Waals surface area contributed by atoms with Crippen LogP contribution in [0.1, 0.15) is 39.5 Å². The third-order valence-corrected chi connectivity index (χ3v) is 5.04. The molecule has 0 aromatic rings. The number of carbonyl (C=O) groups is 2. The van der Waals surface area contributed by atoms with Crippen molar-refractivity contribution in [2.75, 3.05) is 19.6 Å². The minimum Gasteiger partial charge on any atom is -0.481 e. The summed E-state index contributed by atoms with van der Waals surface area (Å²) in [6.45, 7) is 6.01. The lowest BCUT2D eigenvalue weighted by atomic mass is 9.78. The average Bonchev–Trinajstić information content (AvgIpc) is 2.83. The van der Waals surface area contributed by atoms with E-state index in [1.54, 1.807) is 0 Å². The van der Waals surface area contributed by atoms with Gasteiger partial charge in [0.2, 0.25) is 5.91 Å². The van der Waals surface area contributed by atoms with Crippen LogP contribution in [-0.4, -0.2) is 47.6 Å². The van der Waals surface area contributed by atoms with Crippen LogP contribution in [0.2, 0.25) is 0 Å². The molecule has 1 aliphatic carbocycles. The van der Waals surface area contributed by atoms with Crippen LogP contribution in [-0.2, 0) is 9.59 Å². The molecule has 122 valence electrons. The molecule has 5 nitrogen and oxygen atoms in total. The number of likely N-dealkylation sites (tertiary alicyclic amines) is 1. The summed E-state index contributed by atoms with van der Waals surface area (Å²) < 4.78 is 0. The van der Waals surface area contributed by atoms with Gasteiger partial charge < -0.3 is 10.4 Å². The molecule has 1 saturated carbocycles. The Hall–Kier alpha value is -0.810. The molecule has 1 amide bonds. The van der Waals surface area contributed by atoms with Crippen LogP contribution in [0.15, 0.2) is 0 Å². The van der Waals surface area contributed by atoms with E-state index in [1.807, 2.05) is 4.90 Å². The average molecular weight is 319 g/mol. The minimum absolute atomic E-state index is 0. The maximum absolute atomic E-state index is 12.1. The van der Waals surface area contributed by atoms with Crippen molar-refractivity contribution in [3.63, 3.8) is 0 Å². The van der Waals surface area contributed by atoms with Gasteiger partial charge in [0.1, 0.15) is 0 Å². The number of carboxylic acids is 1. The van der Waals surface area contributed by atoms with E-state index >= 15 is 0 Å². The van der Waals surface area contributed by atoms with Crippen molar-refractivity contribution in [2.24, 2.45) is 17.8 Å². The van der Waals surface area contributed by atoms with Gasteiger partial charge in [-0.3, -0.25) is 14.5 Å². The maximum Gasteiger partial charge on any atom is 0.307 e. The molecule has 1 saturated heterocycles. The van der Waals surface area contributed by atoms with E-state index in [9.17, 15) is 9.59 Å². The maximum atomic E-state index is 12.1. The summed E-state index contributed by atoms with van der Waals surface area (Å²) in [6, 6.07) is 0.282. The Morgan fingerprint density at radius 2 is 1.95 bits per heavy atom. The molecule has 0 aromatic carbocycles. The standard InChI is InChI=1S/C15H26N2O3.ClH/c1-10-4-3-5-13(11(10)2)16-14(18)9-17-7-6-12(8-17)15(19)20;/h10-13H,3-9H2,1-2H3,(H,16,18)(H,19,20);1H. The zero-order valence-corrected chi connectivity index (χ0v) is 13.7. The van der Waals surface area contributed by atoms with E-state index in [0.29, 0.717) is 37.9 Å². The predicted molar refractivity (Wildman–Crippen MR) is 83.5 cm³/mol. The number of rotatable bonds is 4. The fraction of sp³-hybridized carbons (Fsp3) is 0.867. The highest BCUT2D eigenvalue weighted by molar-refractivity contribution is 5.85. The smallest absolute Gasteiger partial charge is 0.307 e. The van der Waals surface area contributed by atoms with Crippen molar-refractivity contribution >= 4 is 24.3 Å². The Morgan fingerprint density at radius 1 is 1.24 bits per heavy atom. The van der Waals surface area contributed by atoms with Crippen LogP contribution >= 0.6 is 12.4 Å². The topological polar surface area (TPSA) is 69.6 Å². The van der Waals surface area contributed by atoms with Gasteiger partial charge in [0.25, 0.3) is 0 Å². The van der Waals surface area contributed by atoms with Crippen LogP contribution in [0, 0.1) is 17.8 Å². The molecule has 4 unspecified atom stereocenters. The molecule has 2 N–H and O–H groups in total. The minimum atomic E-state index is -0.748. The highest BCUT2D eigenvalue weighted by Gasteiger charge is 2.31. The van der Waals surface area contributed by atoms with E-state index in [-0.39, 0.29) is 30.3 Å². The molecule has 4 atom stereocenters. The first-order chi connectivity index (χ1) is 9.47. The van der Waals surface area contributed by atoms with Gasteiger partial charge in [-0.2, -0.15) is 0 Å². The second kappa shape index (κ2) is 7.99. The van der Waals surface area contributed by atoms with Gasteiger partial charge in [-0.05, 0) is 31.2 Å². The summed E-state index contributed by atoms with van der Waals surface area (Å²) in [6.07, 6.45) is 4.15. The van der Waals surface area contributed by atoms with Gasteiger partial charge >= 0.3 is 5.97 Å². The zero-order valence-electron chi connectivity index (χ0n) is 12.9.